The van der Waals surface area contributed by atoms with Gasteiger partial charge in [-0.1, -0.05) is 12.1 Å². The Bertz CT molecular complexity index is 615. The number of methoxy groups -OCH3 is 2. The molecule has 0 radical (unpaired) electrons. The molecular formula is C17H20N2O3. The average molecular weight is 300 g/mol. The molecule has 5 heteroatoms. The van der Waals surface area contributed by atoms with Crippen LogP contribution in [0.25, 0.3) is 0 Å². The van der Waals surface area contributed by atoms with Crippen LogP contribution in [0.2, 0.25) is 0 Å². The van der Waals surface area contributed by atoms with E-state index >= 15 is 0 Å². The highest BCUT2D eigenvalue weighted by Gasteiger charge is 2.06. The van der Waals surface area contributed by atoms with Gasteiger partial charge < -0.3 is 14.8 Å². The molecule has 2 aromatic rings. The predicted octanol–water partition coefficient (Wildman–Crippen LogP) is 2.35. The van der Waals surface area contributed by atoms with E-state index < -0.39 is 0 Å². The van der Waals surface area contributed by atoms with E-state index in [1.807, 2.05) is 30.3 Å². The van der Waals surface area contributed by atoms with E-state index in [1.54, 1.807) is 26.6 Å². The summed E-state index contributed by atoms with van der Waals surface area (Å²) in [5, 5.41) is 2.90. The maximum absolute atomic E-state index is 11.9. The summed E-state index contributed by atoms with van der Waals surface area (Å²) < 4.78 is 10.4. The number of carbonyl (C=O) groups is 1. The number of hydrogen-bond donors (Lipinski definition) is 1. The van der Waals surface area contributed by atoms with E-state index in [0.717, 1.165) is 11.1 Å². The molecule has 116 valence electrons. The number of nitrogens with zero attached hydrogens (tertiary/aromatic N) is 1. The Morgan fingerprint density at radius 1 is 1.14 bits per heavy atom. The minimum Gasteiger partial charge on any atom is -0.493 e. The number of benzene rings is 1. The number of rotatable bonds is 7. The number of pyridine rings is 1. The van der Waals surface area contributed by atoms with Crippen molar-refractivity contribution in [2.45, 2.75) is 19.4 Å². The van der Waals surface area contributed by atoms with Crippen molar-refractivity contribution in [1.82, 2.24) is 10.3 Å². The first-order valence-electron chi connectivity index (χ1n) is 7.09. The molecular weight excluding hydrogens is 280 g/mol. The monoisotopic (exact) mass is 300 g/mol. The van der Waals surface area contributed by atoms with Gasteiger partial charge in [-0.3, -0.25) is 9.78 Å². The fourth-order valence-electron chi connectivity index (χ4n) is 2.08. The summed E-state index contributed by atoms with van der Waals surface area (Å²) in [5.41, 5.74) is 2.02. The van der Waals surface area contributed by atoms with E-state index in [1.165, 1.54) is 0 Å². The molecule has 1 heterocycles. The minimum absolute atomic E-state index is 0.0126. The van der Waals surface area contributed by atoms with Gasteiger partial charge in [0.1, 0.15) is 0 Å². The van der Waals surface area contributed by atoms with Crippen LogP contribution in [0.3, 0.4) is 0 Å². The predicted molar refractivity (Wildman–Crippen MR) is 84.0 cm³/mol. The van der Waals surface area contributed by atoms with E-state index in [9.17, 15) is 4.79 Å². The van der Waals surface area contributed by atoms with Crippen LogP contribution < -0.4 is 14.8 Å². The summed E-state index contributed by atoms with van der Waals surface area (Å²) in [7, 11) is 3.19. The highest BCUT2D eigenvalue weighted by molar-refractivity contribution is 5.76. The SMILES string of the molecule is COc1ccc(CNC(=O)CCc2cccnc2)cc1OC. The van der Waals surface area contributed by atoms with Crippen molar-refractivity contribution < 1.29 is 14.3 Å². The molecule has 0 unspecified atom stereocenters. The van der Waals surface area contributed by atoms with Crippen LogP contribution in [0, 0.1) is 0 Å². The molecule has 1 amide bonds. The van der Waals surface area contributed by atoms with Gasteiger partial charge in [-0.2, -0.15) is 0 Å². The molecule has 22 heavy (non-hydrogen) atoms. The molecule has 0 aliphatic rings. The van der Waals surface area contributed by atoms with Gasteiger partial charge in [-0.05, 0) is 35.7 Å². The maximum Gasteiger partial charge on any atom is 0.220 e. The van der Waals surface area contributed by atoms with Crippen LogP contribution in [0.5, 0.6) is 11.5 Å². The number of carbonyl (C=O) groups excluding carboxylic acids is 1. The number of aromatic nitrogens is 1. The molecule has 0 atom stereocenters. The molecule has 0 saturated carbocycles. The molecule has 0 bridgehead atoms. The third-order valence-electron chi connectivity index (χ3n) is 3.30. The van der Waals surface area contributed by atoms with Crippen molar-refractivity contribution in [2.75, 3.05) is 14.2 Å². The Morgan fingerprint density at radius 3 is 2.64 bits per heavy atom. The van der Waals surface area contributed by atoms with Crippen LogP contribution in [-0.2, 0) is 17.8 Å². The van der Waals surface area contributed by atoms with Crippen LogP contribution in [0.1, 0.15) is 17.5 Å². The molecule has 0 spiro atoms. The number of nitrogens with one attached hydrogen (secondary N) is 1. The average Bonchev–Trinajstić information content (AvgIpc) is 2.58. The highest BCUT2D eigenvalue weighted by atomic mass is 16.5. The van der Waals surface area contributed by atoms with Crippen molar-refractivity contribution in [3.63, 3.8) is 0 Å². The van der Waals surface area contributed by atoms with Crippen LogP contribution in [0.4, 0.5) is 0 Å². The second kappa shape index (κ2) is 8.02. The second-order valence-corrected chi connectivity index (χ2v) is 4.83. The summed E-state index contributed by atoms with van der Waals surface area (Å²) in [6.45, 7) is 0.465. The second-order valence-electron chi connectivity index (χ2n) is 4.83. The largest absolute Gasteiger partial charge is 0.493 e. The molecule has 0 aliphatic heterocycles. The van der Waals surface area contributed by atoms with Crippen molar-refractivity contribution >= 4 is 5.91 Å². The Hall–Kier alpha value is -2.56. The van der Waals surface area contributed by atoms with Crippen molar-refractivity contribution in [2.24, 2.45) is 0 Å². The zero-order valence-corrected chi connectivity index (χ0v) is 12.8. The minimum atomic E-state index is 0.0126. The molecule has 0 aliphatic carbocycles. The van der Waals surface area contributed by atoms with Crippen molar-refractivity contribution in [3.05, 3.63) is 53.9 Å². The van der Waals surface area contributed by atoms with Crippen molar-refractivity contribution in [3.8, 4) is 11.5 Å². The van der Waals surface area contributed by atoms with Gasteiger partial charge in [0.25, 0.3) is 0 Å². The fourth-order valence-corrected chi connectivity index (χ4v) is 2.08. The summed E-state index contributed by atoms with van der Waals surface area (Å²) >= 11 is 0. The summed E-state index contributed by atoms with van der Waals surface area (Å²) in [6, 6.07) is 9.43. The van der Waals surface area contributed by atoms with Gasteiger partial charge in [0, 0.05) is 25.4 Å². The summed E-state index contributed by atoms with van der Waals surface area (Å²) in [5.74, 6) is 1.34. The van der Waals surface area contributed by atoms with Gasteiger partial charge >= 0.3 is 0 Å². The van der Waals surface area contributed by atoms with E-state index in [2.05, 4.69) is 10.3 Å². The highest BCUT2D eigenvalue weighted by Crippen LogP contribution is 2.27. The van der Waals surface area contributed by atoms with Crippen LogP contribution in [-0.4, -0.2) is 25.1 Å². The van der Waals surface area contributed by atoms with Gasteiger partial charge in [0.15, 0.2) is 11.5 Å². The van der Waals surface area contributed by atoms with E-state index in [4.69, 9.17) is 9.47 Å². The zero-order valence-electron chi connectivity index (χ0n) is 12.8. The summed E-state index contributed by atoms with van der Waals surface area (Å²) in [4.78, 5) is 15.9. The van der Waals surface area contributed by atoms with E-state index in [0.29, 0.717) is 30.9 Å². The standard InChI is InChI=1S/C17H20N2O3/c1-21-15-7-5-14(10-16(15)22-2)12-19-17(20)8-6-13-4-3-9-18-11-13/h3-5,7,9-11H,6,8,12H2,1-2H3,(H,19,20). The number of aryl methyl sites for hydroxylation is 1. The van der Waals surface area contributed by atoms with Gasteiger partial charge in [0.05, 0.1) is 14.2 Å². The quantitative estimate of drug-likeness (QED) is 0.852. The third-order valence-corrected chi connectivity index (χ3v) is 3.30. The normalized spacial score (nSPS) is 10.1. The molecule has 1 aromatic carbocycles. The molecule has 0 saturated heterocycles. The lowest BCUT2D eigenvalue weighted by molar-refractivity contribution is -0.121. The summed E-state index contributed by atoms with van der Waals surface area (Å²) in [6.07, 6.45) is 4.63. The van der Waals surface area contributed by atoms with Crippen LogP contribution >= 0.6 is 0 Å². The Labute approximate surface area is 130 Å². The Kier molecular flexibility index (Phi) is 5.77. The van der Waals surface area contributed by atoms with Crippen LogP contribution in [0.15, 0.2) is 42.7 Å². The lowest BCUT2D eigenvalue weighted by atomic mass is 10.1. The number of hydrogen-bond acceptors (Lipinski definition) is 4. The maximum atomic E-state index is 11.9. The van der Waals surface area contributed by atoms with Gasteiger partial charge in [-0.15, -0.1) is 0 Å². The first-order valence-corrected chi connectivity index (χ1v) is 7.09. The smallest absolute Gasteiger partial charge is 0.220 e. The van der Waals surface area contributed by atoms with Gasteiger partial charge in [-0.25, -0.2) is 0 Å². The van der Waals surface area contributed by atoms with Crippen molar-refractivity contribution in [1.29, 1.82) is 0 Å². The first kappa shape index (κ1) is 15.8. The zero-order chi connectivity index (χ0) is 15.8. The number of amides is 1. The number of ether oxygens (including phenoxy) is 2. The molecule has 5 nitrogen and oxygen atoms in total. The fraction of sp³-hybridized carbons (Fsp3) is 0.294. The Balaban J connectivity index is 1.83. The molecule has 0 fully saturated rings. The lowest BCUT2D eigenvalue weighted by Crippen LogP contribution is -2.23. The Morgan fingerprint density at radius 2 is 1.95 bits per heavy atom. The molecule has 1 aromatic heterocycles. The lowest BCUT2D eigenvalue weighted by Gasteiger charge is -2.10. The topological polar surface area (TPSA) is 60.5 Å². The molecule has 1 N–H and O–H groups in total. The van der Waals surface area contributed by atoms with E-state index in [-0.39, 0.29) is 5.91 Å². The first-order chi connectivity index (χ1) is 10.7. The third kappa shape index (κ3) is 4.48. The van der Waals surface area contributed by atoms with Gasteiger partial charge in [0.2, 0.25) is 5.91 Å². The molecule has 2 rings (SSSR count).